The molecule has 4 rings (SSSR count). The third-order valence-electron chi connectivity index (χ3n) is 4.64. The van der Waals surface area contributed by atoms with E-state index in [1.165, 1.54) is 0 Å². The summed E-state index contributed by atoms with van der Waals surface area (Å²) in [4.78, 5) is 18.8. The summed E-state index contributed by atoms with van der Waals surface area (Å²) >= 11 is 6.02. The van der Waals surface area contributed by atoms with E-state index in [0.29, 0.717) is 29.7 Å². The van der Waals surface area contributed by atoms with E-state index in [2.05, 4.69) is 10.1 Å². The number of anilines is 1. The van der Waals surface area contributed by atoms with Crippen LogP contribution in [0.15, 0.2) is 47.0 Å². The predicted octanol–water partition coefficient (Wildman–Crippen LogP) is 4.53. The van der Waals surface area contributed by atoms with E-state index in [0.717, 1.165) is 22.4 Å². The van der Waals surface area contributed by atoms with Gasteiger partial charge in [0.1, 0.15) is 0 Å². The Morgan fingerprint density at radius 2 is 2.04 bits per heavy atom. The van der Waals surface area contributed by atoms with Crippen molar-refractivity contribution in [2.24, 2.45) is 0 Å². The minimum atomic E-state index is -0.108. The molecular weight excluding hydrogens is 350 g/mol. The van der Waals surface area contributed by atoms with E-state index in [1.54, 1.807) is 11.0 Å². The summed E-state index contributed by atoms with van der Waals surface area (Å²) in [5, 5.41) is 4.75. The van der Waals surface area contributed by atoms with Crippen LogP contribution >= 0.6 is 11.6 Å². The molecule has 0 spiro atoms. The van der Waals surface area contributed by atoms with Crippen molar-refractivity contribution >= 4 is 23.2 Å². The second-order valence-electron chi connectivity index (χ2n) is 6.66. The minimum absolute atomic E-state index is 0.0516. The molecule has 1 atom stereocenters. The van der Waals surface area contributed by atoms with Crippen LogP contribution in [0.2, 0.25) is 5.02 Å². The van der Waals surface area contributed by atoms with Gasteiger partial charge in [0.15, 0.2) is 0 Å². The van der Waals surface area contributed by atoms with Crippen LogP contribution in [0.4, 0.5) is 5.69 Å². The molecule has 0 N–H and O–H groups in total. The summed E-state index contributed by atoms with van der Waals surface area (Å²) in [5.41, 5.74) is 3.89. The van der Waals surface area contributed by atoms with Gasteiger partial charge in [-0.1, -0.05) is 40.5 Å². The molecule has 0 radical (unpaired) electrons. The van der Waals surface area contributed by atoms with Gasteiger partial charge >= 0.3 is 0 Å². The molecule has 2 heterocycles. The van der Waals surface area contributed by atoms with Gasteiger partial charge in [-0.05, 0) is 43.7 Å². The Bertz CT molecular complexity index is 983. The highest BCUT2D eigenvalue weighted by atomic mass is 35.5. The van der Waals surface area contributed by atoms with Crippen LogP contribution in [0.1, 0.15) is 29.4 Å². The Balaban J connectivity index is 1.58. The van der Waals surface area contributed by atoms with E-state index < -0.39 is 0 Å². The molecule has 1 unspecified atom stereocenters. The van der Waals surface area contributed by atoms with Gasteiger partial charge in [0, 0.05) is 29.2 Å². The number of hydrogen-bond donors (Lipinski definition) is 0. The molecule has 2 aromatic carbocycles. The minimum Gasteiger partial charge on any atom is -0.339 e. The predicted molar refractivity (Wildman–Crippen MR) is 100 cm³/mol. The highest BCUT2D eigenvalue weighted by Crippen LogP contribution is 2.34. The Labute approximate surface area is 156 Å². The molecule has 1 aliphatic heterocycles. The van der Waals surface area contributed by atoms with Gasteiger partial charge in [-0.15, -0.1) is 0 Å². The van der Waals surface area contributed by atoms with Gasteiger partial charge in [0.25, 0.3) is 0 Å². The Hall–Kier alpha value is -2.66. The Morgan fingerprint density at radius 1 is 1.19 bits per heavy atom. The molecule has 1 aromatic heterocycles. The lowest BCUT2D eigenvalue weighted by Gasteiger charge is -2.18. The van der Waals surface area contributed by atoms with Gasteiger partial charge in [0.2, 0.25) is 17.6 Å². The van der Waals surface area contributed by atoms with Crippen molar-refractivity contribution in [2.75, 3.05) is 11.4 Å². The number of carbonyl (C=O) groups excluding carboxylic acids is 1. The Kier molecular flexibility index (Phi) is 4.24. The van der Waals surface area contributed by atoms with Crippen LogP contribution in [-0.4, -0.2) is 22.6 Å². The third-order valence-corrected chi connectivity index (χ3v) is 4.88. The fourth-order valence-corrected chi connectivity index (χ4v) is 3.56. The second kappa shape index (κ2) is 6.57. The number of hydrogen-bond acceptors (Lipinski definition) is 4. The molecule has 1 saturated heterocycles. The van der Waals surface area contributed by atoms with Gasteiger partial charge < -0.3 is 9.42 Å². The lowest BCUT2D eigenvalue weighted by atomic mass is 10.1. The maximum absolute atomic E-state index is 12.5. The van der Waals surface area contributed by atoms with Crippen molar-refractivity contribution in [1.29, 1.82) is 0 Å². The number of aryl methyl sites for hydroxylation is 2. The average molecular weight is 368 g/mol. The summed E-state index contributed by atoms with van der Waals surface area (Å²) in [6.45, 7) is 4.49. The van der Waals surface area contributed by atoms with Gasteiger partial charge in [-0.2, -0.15) is 4.98 Å². The maximum atomic E-state index is 12.5. The molecule has 3 aromatic rings. The number of carbonyl (C=O) groups is 1. The summed E-state index contributed by atoms with van der Waals surface area (Å²) in [6, 6.07) is 13.5. The smallest absolute Gasteiger partial charge is 0.232 e. The van der Waals surface area contributed by atoms with Crippen molar-refractivity contribution in [3.05, 3.63) is 64.5 Å². The van der Waals surface area contributed by atoms with E-state index in [4.69, 9.17) is 16.1 Å². The lowest BCUT2D eigenvalue weighted by molar-refractivity contribution is -0.117. The average Bonchev–Trinajstić information content (AvgIpc) is 3.22. The molecule has 1 amide bonds. The molecule has 0 aliphatic carbocycles. The van der Waals surface area contributed by atoms with Crippen molar-refractivity contribution in [3.63, 3.8) is 0 Å². The molecule has 6 heteroatoms. The van der Waals surface area contributed by atoms with Gasteiger partial charge in [-0.25, -0.2) is 0 Å². The molecule has 132 valence electrons. The number of aromatic nitrogens is 2. The van der Waals surface area contributed by atoms with E-state index in [9.17, 15) is 4.79 Å². The van der Waals surface area contributed by atoms with E-state index in [1.807, 2.05) is 50.2 Å². The quantitative estimate of drug-likeness (QED) is 0.682. The fourth-order valence-electron chi connectivity index (χ4n) is 3.33. The summed E-state index contributed by atoms with van der Waals surface area (Å²) in [5.74, 6) is 1.00. The van der Waals surface area contributed by atoms with Crippen LogP contribution in [0.5, 0.6) is 0 Å². The number of halogens is 1. The number of rotatable bonds is 3. The Morgan fingerprint density at radius 3 is 2.81 bits per heavy atom. The monoisotopic (exact) mass is 367 g/mol. The molecule has 26 heavy (non-hydrogen) atoms. The van der Waals surface area contributed by atoms with Gasteiger partial charge in [-0.3, -0.25) is 4.79 Å². The zero-order valence-electron chi connectivity index (χ0n) is 14.6. The van der Waals surface area contributed by atoms with Crippen molar-refractivity contribution in [3.8, 4) is 11.4 Å². The number of benzene rings is 2. The highest BCUT2D eigenvalue weighted by molar-refractivity contribution is 6.30. The van der Waals surface area contributed by atoms with Gasteiger partial charge in [0.05, 0.1) is 5.92 Å². The van der Waals surface area contributed by atoms with Crippen molar-refractivity contribution < 1.29 is 9.32 Å². The molecule has 1 aliphatic rings. The second-order valence-corrected chi connectivity index (χ2v) is 7.10. The van der Waals surface area contributed by atoms with Crippen molar-refractivity contribution in [1.82, 2.24) is 10.1 Å². The zero-order valence-corrected chi connectivity index (χ0v) is 15.3. The van der Waals surface area contributed by atoms with E-state index in [-0.39, 0.29) is 11.8 Å². The summed E-state index contributed by atoms with van der Waals surface area (Å²) in [6.07, 6.45) is 0.359. The van der Waals surface area contributed by atoms with Crippen LogP contribution in [0.3, 0.4) is 0 Å². The SMILES string of the molecule is Cc1cccc(-c2noc(C3CC(=O)N(c4ccc(Cl)cc4C)C3)n2)c1. The first-order valence-corrected chi connectivity index (χ1v) is 8.86. The standard InChI is InChI=1S/C20H18ClN3O2/c1-12-4-3-5-14(8-12)19-22-20(26-23-19)15-10-18(25)24(11-15)17-7-6-16(21)9-13(17)2/h3-9,15H,10-11H2,1-2H3. The van der Waals surface area contributed by atoms with Crippen LogP contribution in [-0.2, 0) is 4.79 Å². The molecule has 0 saturated carbocycles. The van der Waals surface area contributed by atoms with Crippen LogP contribution < -0.4 is 4.90 Å². The largest absolute Gasteiger partial charge is 0.339 e. The highest BCUT2D eigenvalue weighted by Gasteiger charge is 2.35. The van der Waals surface area contributed by atoms with Crippen LogP contribution in [0.25, 0.3) is 11.4 Å². The molecule has 5 nitrogen and oxygen atoms in total. The van der Waals surface area contributed by atoms with Crippen LogP contribution in [0, 0.1) is 13.8 Å². The first-order chi connectivity index (χ1) is 12.5. The number of amides is 1. The molecular formula is C20H18ClN3O2. The third kappa shape index (κ3) is 3.10. The maximum Gasteiger partial charge on any atom is 0.232 e. The molecule has 0 bridgehead atoms. The summed E-state index contributed by atoms with van der Waals surface area (Å²) in [7, 11) is 0. The zero-order chi connectivity index (χ0) is 18.3. The normalized spacial score (nSPS) is 17.1. The number of nitrogens with zero attached hydrogens (tertiary/aromatic N) is 3. The van der Waals surface area contributed by atoms with E-state index >= 15 is 0 Å². The summed E-state index contributed by atoms with van der Waals surface area (Å²) < 4.78 is 5.46. The lowest BCUT2D eigenvalue weighted by Crippen LogP contribution is -2.25. The topological polar surface area (TPSA) is 59.2 Å². The first-order valence-electron chi connectivity index (χ1n) is 8.48. The first kappa shape index (κ1) is 16.8. The fraction of sp³-hybridized carbons (Fsp3) is 0.250. The molecule has 1 fully saturated rings. The van der Waals surface area contributed by atoms with Crippen molar-refractivity contribution in [2.45, 2.75) is 26.2 Å².